The summed E-state index contributed by atoms with van der Waals surface area (Å²) in [7, 11) is -3.65. The van der Waals surface area contributed by atoms with E-state index < -0.39 is 27.8 Å². The van der Waals surface area contributed by atoms with E-state index in [0.717, 1.165) is 12.1 Å². The monoisotopic (exact) mass is 338 g/mol. The lowest BCUT2D eigenvalue weighted by Crippen LogP contribution is -2.23. The van der Waals surface area contributed by atoms with E-state index in [1.54, 1.807) is 18.2 Å². The maximum absolute atomic E-state index is 13.2. The normalized spacial score (nSPS) is 18.5. The lowest BCUT2D eigenvalue weighted by Gasteiger charge is -2.09. The van der Waals surface area contributed by atoms with Crippen LogP contribution in [0, 0.1) is 11.6 Å². The average Bonchev–Trinajstić information content (AvgIpc) is 2.79. The van der Waals surface area contributed by atoms with Crippen LogP contribution in [0.15, 0.2) is 52.4 Å². The van der Waals surface area contributed by atoms with Crippen molar-refractivity contribution in [1.82, 2.24) is 4.72 Å². The number of hydrogen-bond acceptors (Lipinski definition) is 4. The Morgan fingerprint density at radius 2 is 1.87 bits per heavy atom. The van der Waals surface area contributed by atoms with Crippen LogP contribution in [0.5, 0.6) is 0 Å². The smallest absolute Gasteiger partial charge is 0.263 e. The summed E-state index contributed by atoms with van der Waals surface area (Å²) in [5, 5.41) is 10.0. The van der Waals surface area contributed by atoms with Gasteiger partial charge in [-0.15, -0.1) is 0 Å². The number of aliphatic hydroxyl groups excluding tert-OH is 1. The molecule has 0 aliphatic carbocycles. The molecule has 2 aromatic rings. The number of hydrogen-bond donors (Lipinski definition) is 2. The Morgan fingerprint density at radius 3 is 2.61 bits per heavy atom. The molecule has 1 aliphatic rings. The van der Waals surface area contributed by atoms with Gasteiger partial charge < -0.3 is 5.11 Å². The molecule has 23 heavy (non-hydrogen) atoms. The van der Waals surface area contributed by atoms with E-state index in [2.05, 4.69) is 9.71 Å². The molecule has 120 valence electrons. The highest BCUT2D eigenvalue weighted by Crippen LogP contribution is 2.23. The highest BCUT2D eigenvalue weighted by atomic mass is 32.2. The highest BCUT2D eigenvalue weighted by Gasteiger charge is 2.30. The Labute approximate surface area is 131 Å². The van der Waals surface area contributed by atoms with E-state index >= 15 is 0 Å². The zero-order chi connectivity index (χ0) is 16.6. The van der Waals surface area contributed by atoms with Crippen LogP contribution in [-0.2, 0) is 10.0 Å². The number of benzene rings is 2. The molecule has 1 aliphatic heterocycles. The standard InChI is InChI=1S/C15H12F2N2O3S/c16-11-6-5-9(7-12(11)17)13(20)8-18-15-10-3-1-2-4-14(10)23(21,22)19-15/h1-7,13,20H,8H2,(H,18,19)/t13-/m1/s1. The molecule has 3 rings (SSSR count). The molecule has 0 bridgehead atoms. The fraction of sp³-hybridized carbons (Fsp3) is 0.133. The van der Waals surface area contributed by atoms with Crippen LogP contribution in [0.3, 0.4) is 0 Å². The fourth-order valence-corrected chi connectivity index (χ4v) is 3.51. The quantitative estimate of drug-likeness (QED) is 0.895. The van der Waals surface area contributed by atoms with Crippen molar-refractivity contribution in [3.05, 3.63) is 65.2 Å². The summed E-state index contributed by atoms with van der Waals surface area (Å²) in [5.41, 5.74) is 0.562. The second kappa shape index (κ2) is 5.71. The van der Waals surface area contributed by atoms with Crippen molar-refractivity contribution in [3.8, 4) is 0 Å². The van der Waals surface area contributed by atoms with Gasteiger partial charge in [-0.05, 0) is 29.8 Å². The van der Waals surface area contributed by atoms with Gasteiger partial charge in [0.1, 0.15) is 5.84 Å². The van der Waals surface area contributed by atoms with Crippen LogP contribution in [-0.4, -0.2) is 25.9 Å². The molecule has 1 atom stereocenters. The summed E-state index contributed by atoms with van der Waals surface area (Å²) in [4.78, 5) is 4.16. The van der Waals surface area contributed by atoms with E-state index in [0.29, 0.717) is 5.56 Å². The minimum Gasteiger partial charge on any atom is -0.386 e. The fourth-order valence-electron chi connectivity index (χ4n) is 2.25. The predicted octanol–water partition coefficient (Wildman–Crippen LogP) is 1.74. The van der Waals surface area contributed by atoms with E-state index in [4.69, 9.17) is 0 Å². The summed E-state index contributed by atoms with van der Waals surface area (Å²) in [6, 6.07) is 9.35. The molecular formula is C15H12F2N2O3S. The number of aliphatic hydroxyl groups is 1. The molecule has 5 nitrogen and oxygen atoms in total. The molecule has 2 aromatic carbocycles. The van der Waals surface area contributed by atoms with Crippen LogP contribution in [0.25, 0.3) is 0 Å². The first-order valence-electron chi connectivity index (χ1n) is 6.68. The summed E-state index contributed by atoms with van der Waals surface area (Å²) >= 11 is 0. The van der Waals surface area contributed by atoms with Gasteiger partial charge in [-0.25, -0.2) is 17.2 Å². The lowest BCUT2D eigenvalue weighted by molar-refractivity contribution is 0.186. The van der Waals surface area contributed by atoms with Crippen molar-refractivity contribution < 1.29 is 22.3 Å². The Kier molecular flexibility index (Phi) is 3.87. The molecule has 0 saturated heterocycles. The third-order valence-corrected chi connectivity index (χ3v) is 4.81. The molecule has 8 heteroatoms. The van der Waals surface area contributed by atoms with Crippen LogP contribution in [0.2, 0.25) is 0 Å². The van der Waals surface area contributed by atoms with Gasteiger partial charge in [-0.3, -0.25) is 9.71 Å². The number of nitrogens with one attached hydrogen (secondary N) is 1. The minimum absolute atomic E-state index is 0.112. The van der Waals surface area contributed by atoms with E-state index in [-0.39, 0.29) is 22.8 Å². The third-order valence-electron chi connectivity index (χ3n) is 3.41. The van der Waals surface area contributed by atoms with E-state index in [9.17, 15) is 22.3 Å². The molecule has 2 N–H and O–H groups in total. The summed E-state index contributed by atoms with van der Waals surface area (Å²) < 4.78 is 52.2. The van der Waals surface area contributed by atoms with Gasteiger partial charge in [0, 0.05) is 5.56 Å². The Morgan fingerprint density at radius 1 is 1.13 bits per heavy atom. The van der Waals surface area contributed by atoms with E-state index in [1.807, 2.05) is 0 Å². The van der Waals surface area contributed by atoms with Crippen molar-refractivity contribution in [2.75, 3.05) is 6.54 Å². The highest BCUT2D eigenvalue weighted by molar-refractivity contribution is 7.90. The van der Waals surface area contributed by atoms with Crippen molar-refractivity contribution in [1.29, 1.82) is 0 Å². The summed E-state index contributed by atoms with van der Waals surface area (Å²) in [6.45, 7) is -0.197. The van der Waals surface area contributed by atoms with Crippen LogP contribution in [0.4, 0.5) is 8.78 Å². The first-order chi connectivity index (χ1) is 10.9. The largest absolute Gasteiger partial charge is 0.386 e. The van der Waals surface area contributed by atoms with Crippen molar-refractivity contribution in [3.63, 3.8) is 0 Å². The number of nitrogens with zero attached hydrogens (tertiary/aromatic N) is 1. The number of sulfonamides is 1. The lowest BCUT2D eigenvalue weighted by atomic mass is 10.1. The average molecular weight is 338 g/mol. The molecule has 0 radical (unpaired) electrons. The number of fused-ring (bicyclic) bond motifs is 1. The maximum atomic E-state index is 13.2. The second-order valence-electron chi connectivity index (χ2n) is 4.98. The van der Waals surface area contributed by atoms with Crippen LogP contribution in [0.1, 0.15) is 17.2 Å². The first-order valence-corrected chi connectivity index (χ1v) is 8.16. The predicted molar refractivity (Wildman–Crippen MR) is 79.5 cm³/mol. The van der Waals surface area contributed by atoms with Gasteiger partial charge in [-0.1, -0.05) is 18.2 Å². The summed E-state index contributed by atoms with van der Waals surface area (Å²) in [5.74, 6) is -1.96. The number of halogens is 2. The zero-order valence-corrected chi connectivity index (χ0v) is 12.5. The second-order valence-corrected chi connectivity index (χ2v) is 6.63. The molecular weight excluding hydrogens is 326 g/mol. The Bertz CT molecular complexity index is 897. The molecule has 0 aromatic heterocycles. The zero-order valence-electron chi connectivity index (χ0n) is 11.7. The van der Waals surface area contributed by atoms with Crippen LogP contribution < -0.4 is 4.72 Å². The van der Waals surface area contributed by atoms with Gasteiger partial charge in [0.15, 0.2) is 11.6 Å². The van der Waals surface area contributed by atoms with Crippen LogP contribution >= 0.6 is 0 Å². The molecule has 0 amide bonds. The molecule has 0 unspecified atom stereocenters. The molecule has 0 saturated carbocycles. The molecule has 0 spiro atoms. The first kappa shape index (κ1) is 15.6. The van der Waals surface area contributed by atoms with Crippen molar-refractivity contribution >= 4 is 15.9 Å². The molecule has 1 heterocycles. The summed E-state index contributed by atoms with van der Waals surface area (Å²) in [6.07, 6.45) is -1.19. The van der Waals surface area contributed by atoms with Gasteiger partial charge in [-0.2, -0.15) is 0 Å². The Balaban J connectivity index is 1.85. The van der Waals surface area contributed by atoms with Crippen molar-refractivity contribution in [2.24, 2.45) is 4.99 Å². The van der Waals surface area contributed by atoms with E-state index in [1.165, 1.54) is 12.1 Å². The van der Waals surface area contributed by atoms with Gasteiger partial charge in [0.25, 0.3) is 10.0 Å². The number of aliphatic imine (C=N–C) groups is 1. The maximum Gasteiger partial charge on any atom is 0.263 e. The van der Waals surface area contributed by atoms with Gasteiger partial charge in [0.05, 0.1) is 17.5 Å². The molecule has 0 fully saturated rings. The minimum atomic E-state index is -3.65. The Hall–Kier alpha value is -2.32. The van der Waals surface area contributed by atoms with Crippen molar-refractivity contribution in [2.45, 2.75) is 11.0 Å². The number of rotatable bonds is 3. The van der Waals surface area contributed by atoms with Gasteiger partial charge in [0.2, 0.25) is 0 Å². The van der Waals surface area contributed by atoms with Gasteiger partial charge >= 0.3 is 0 Å². The SMILES string of the molecule is O=S1(=O)NC(=NC[C@@H](O)c2ccc(F)c(F)c2)c2ccccc21. The third kappa shape index (κ3) is 2.95. The number of amidine groups is 1. The topological polar surface area (TPSA) is 78.8 Å².